The molecule has 1 aliphatic heterocycles. The topological polar surface area (TPSA) is 37.4 Å². The number of ether oxygens (including phenoxy) is 1. The summed E-state index contributed by atoms with van der Waals surface area (Å²) in [4.78, 5) is 7.06. The van der Waals surface area contributed by atoms with E-state index in [9.17, 15) is 0 Å². The quantitative estimate of drug-likeness (QED) is 0.831. The maximum atomic E-state index is 5.40. The van der Waals surface area contributed by atoms with Crippen molar-refractivity contribution in [2.75, 3.05) is 33.4 Å². The zero-order valence-electron chi connectivity index (χ0n) is 12.0. The zero-order chi connectivity index (χ0) is 13.5. The summed E-state index contributed by atoms with van der Waals surface area (Å²) < 4.78 is 5.40. The minimum atomic E-state index is 0.790. The lowest BCUT2D eigenvalue weighted by molar-refractivity contribution is 0.0548. The monoisotopic (exact) mass is 283 g/mol. The van der Waals surface area contributed by atoms with Crippen molar-refractivity contribution in [3.8, 4) is 0 Å². The minimum absolute atomic E-state index is 0.790. The fourth-order valence-corrected chi connectivity index (χ4v) is 3.20. The van der Waals surface area contributed by atoms with Crippen molar-refractivity contribution in [2.45, 2.75) is 32.9 Å². The van der Waals surface area contributed by atoms with Crippen LogP contribution in [0.4, 0.5) is 0 Å². The van der Waals surface area contributed by atoms with Gasteiger partial charge < -0.3 is 15.0 Å². The molecule has 19 heavy (non-hydrogen) atoms. The van der Waals surface area contributed by atoms with Crippen molar-refractivity contribution in [1.29, 1.82) is 0 Å². The third-order valence-corrected chi connectivity index (χ3v) is 4.37. The van der Waals surface area contributed by atoms with Gasteiger partial charge >= 0.3 is 0 Å². The van der Waals surface area contributed by atoms with Gasteiger partial charge in [-0.1, -0.05) is 6.92 Å². The van der Waals surface area contributed by atoms with Crippen LogP contribution < -0.4 is 5.32 Å². The highest BCUT2D eigenvalue weighted by atomic mass is 32.1. The van der Waals surface area contributed by atoms with Crippen molar-refractivity contribution in [3.05, 3.63) is 16.1 Å². The number of rotatable bonds is 7. The van der Waals surface area contributed by atoms with Crippen LogP contribution in [0.5, 0.6) is 0 Å². The summed E-state index contributed by atoms with van der Waals surface area (Å²) in [6, 6.07) is 0. The van der Waals surface area contributed by atoms with E-state index >= 15 is 0 Å². The van der Waals surface area contributed by atoms with Crippen LogP contribution in [0.15, 0.2) is 5.38 Å². The molecule has 108 valence electrons. The Labute approximate surface area is 120 Å². The second-order valence-corrected chi connectivity index (χ2v) is 6.21. The number of hydrogen-bond acceptors (Lipinski definition) is 5. The Morgan fingerprint density at radius 2 is 2.26 bits per heavy atom. The first kappa shape index (κ1) is 14.9. The van der Waals surface area contributed by atoms with E-state index in [1.54, 1.807) is 11.3 Å². The summed E-state index contributed by atoms with van der Waals surface area (Å²) in [7, 11) is 2.19. The molecule has 0 bridgehead atoms. The smallest absolute Gasteiger partial charge is 0.107 e. The molecular formula is C14H25N3OS. The van der Waals surface area contributed by atoms with E-state index in [1.165, 1.54) is 23.5 Å². The molecule has 5 heteroatoms. The molecule has 4 nitrogen and oxygen atoms in total. The van der Waals surface area contributed by atoms with Gasteiger partial charge in [0.1, 0.15) is 5.01 Å². The van der Waals surface area contributed by atoms with Crippen LogP contribution in [0.3, 0.4) is 0 Å². The van der Waals surface area contributed by atoms with Gasteiger partial charge in [-0.25, -0.2) is 4.98 Å². The molecule has 0 radical (unpaired) electrons. The van der Waals surface area contributed by atoms with Crippen LogP contribution in [0, 0.1) is 5.92 Å². The first-order valence-corrected chi connectivity index (χ1v) is 8.06. The van der Waals surface area contributed by atoms with Gasteiger partial charge in [0.25, 0.3) is 0 Å². The average molecular weight is 283 g/mol. The van der Waals surface area contributed by atoms with Gasteiger partial charge in [0.05, 0.1) is 5.69 Å². The highest BCUT2D eigenvalue weighted by molar-refractivity contribution is 7.09. The van der Waals surface area contributed by atoms with E-state index in [2.05, 4.69) is 34.6 Å². The van der Waals surface area contributed by atoms with Crippen molar-refractivity contribution >= 4 is 11.3 Å². The largest absolute Gasteiger partial charge is 0.381 e. The lowest BCUT2D eigenvalue weighted by Gasteiger charge is -2.26. The molecule has 1 aromatic rings. The van der Waals surface area contributed by atoms with Crippen molar-refractivity contribution < 1.29 is 4.74 Å². The van der Waals surface area contributed by atoms with E-state index in [0.717, 1.165) is 45.3 Å². The summed E-state index contributed by atoms with van der Waals surface area (Å²) >= 11 is 1.76. The summed E-state index contributed by atoms with van der Waals surface area (Å²) in [5.74, 6) is 0.790. The second-order valence-electron chi connectivity index (χ2n) is 5.27. The number of aromatic nitrogens is 1. The average Bonchev–Trinajstić information content (AvgIpc) is 2.85. The van der Waals surface area contributed by atoms with E-state index in [0.29, 0.717) is 0 Å². The fourth-order valence-electron chi connectivity index (χ4n) is 2.45. The standard InChI is InChI=1S/C14H25N3OS/c1-3-15-8-14-16-13(11-19-14)10-17(2)9-12-4-6-18-7-5-12/h11-12,15H,3-10H2,1-2H3. The molecule has 0 spiro atoms. The predicted octanol–water partition coefficient (Wildman–Crippen LogP) is 2.11. The maximum Gasteiger partial charge on any atom is 0.107 e. The Hall–Kier alpha value is -0.490. The lowest BCUT2D eigenvalue weighted by atomic mass is 10.00. The first-order valence-electron chi connectivity index (χ1n) is 7.18. The van der Waals surface area contributed by atoms with Gasteiger partial charge in [-0.2, -0.15) is 0 Å². The van der Waals surface area contributed by atoms with Crippen LogP contribution in [0.25, 0.3) is 0 Å². The number of nitrogens with zero attached hydrogens (tertiary/aromatic N) is 2. The predicted molar refractivity (Wildman–Crippen MR) is 79.4 cm³/mol. The van der Waals surface area contributed by atoms with Crippen molar-refractivity contribution in [3.63, 3.8) is 0 Å². The number of thiazole rings is 1. The Morgan fingerprint density at radius 1 is 1.47 bits per heavy atom. The summed E-state index contributed by atoms with van der Waals surface area (Å²) in [6.45, 7) is 7.99. The van der Waals surface area contributed by atoms with E-state index in [4.69, 9.17) is 4.74 Å². The fraction of sp³-hybridized carbons (Fsp3) is 0.786. The Kier molecular flexibility index (Phi) is 6.23. The van der Waals surface area contributed by atoms with Gasteiger partial charge in [0.15, 0.2) is 0 Å². The van der Waals surface area contributed by atoms with Crippen LogP contribution in [-0.2, 0) is 17.8 Å². The lowest BCUT2D eigenvalue weighted by Crippen LogP contribution is -2.29. The SMILES string of the molecule is CCNCc1nc(CN(C)CC2CCOCC2)cs1. The summed E-state index contributed by atoms with van der Waals surface area (Å²) in [5, 5.41) is 6.70. The van der Waals surface area contributed by atoms with Gasteiger partial charge in [-0.3, -0.25) is 0 Å². The Morgan fingerprint density at radius 3 is 3.00 bits per heavy atom. The molecule has 1 fully saturated rings. The van der Waals surface area contributed by atoms with Crippen LogP contribution in [0.1, 0.15) is 30.5 Å². The molecule has 1 aromatic heterocycles. The van der Waals surface area contributed by atoms with Crippen LogP contribution in [-0.4, -0.2) is 43.2 Å². The molecule has 0 saturated carbocycles. The molecule has 0 unspecified atom stereocenters. The number of nitrogens with one attached hydrogen (secondary N) is 1. The summed E-state index contributed by atoms with van der Waals surface area (Å²) in [6.07, 6.45) is 2.40. The normalized spacial score (nSPS) is 17.2. The third kappa shape index (κ3) is 5.18. The first-order chi connectivity index (χ1) is 9.28. The van der Waals surface area contributed by atoms with Gasteiger partial charge in [0, 0.05) is 38.2 Å². The van der Waals surface area contributed by atoms with Gasteiger partial charge in [0.2, 0.25) is 0 Å². The molecular weight excluding hydrogens is 258 g/mol. The maximum absolute atomic E-state index is 5.40. The molecule has 2 heterocycles. The van der Waals surface area contributed by atoms with E-state index < -0.39 is 0 Å². The summed E-state index contributed by atoms with van der Waals surface area (Å²) in [5.41, 5.74) is 1.20. The van der Waals surface area contributed by atoms with Crippen LogP contribution in [0.2, 0.25) is 0 Å². The van der Waals surface area contributed by atoms with Gasteiger partial charge in [-0.15, -0.1) is 11.3 Å². The number of hydrogen-bond donors (Lipinski definition) is 1. The highest BCUT2D eigenvalue weighted by Gasteiger charge is 2.16. The molecule has 2 rings (SSSR count). The Bertz CT molecular complexity index is 363. The third-order valence-electron chi connectivity index (χ3n) is 3.47. The highest BCUT2D eigenvalue weighted by Crippen LogP contribution is 2.17. The zero-order valence-corrected chi connectivity index (χ0v) is 12.8. The van der Waals surface area contributed by atoms with Crippen molar-refractivity contribution in [1.82, 2.24) is 15.2 Å². The van der Waals surface area contributed by atoms with E-state index in [1.807, 2.05) is 0 Å². The molecule has 1 aliphatic rings. The minimum Gasteiger partial charge on any atom is -0.381 e. The molecule has 0 aliphatic carbocycles. The second kappa shape index (κ2) is 7.94. The van der Waals surface area contributed by atoms with Gasteiger partial charge in [-0.05, 0) is 32.4 Å². The molecule has 0 aromatic carbocycles. The Balaban J connectivity index is 1.74. The molecule has 0 amide bonds. The molecule has 1 saturated heterocycles. The van der Waals surface area contributed by atoms with Crippen molar-refractivity contribution in [2.24, 2.45) is 5.92 Å². The van der Waals surface area contributed by atoms with Crippen LogP contribution >= 0.6 is 11.3 Å². The molecule has 0 atom stereocenters. The molecule has 1 N–H and O–H groups in total. The van der Waals surface area contributed by atoms with E-state index in [-0.39, 0.29) is 0 Å².